The fraction of sp³-hybridized carbons (Fsp3) is 0.500. The zero-order valence-electron chi connectivity index (χ0n) is 8.52. The Hall–Kier alpha value is 0.254. The Labute approximate surface area is 100 Å². The van der Waals surface area contributed by atoms with Crippen LogP contribution >= 0.6 is 0 Å². The standard InChI is InChI=1S/C10H15N.Y/c1-7-6-11(5)10(4)9(3)8(7)2;/h1-5H3;. The molecule has 1 radical (unpaired) electrons. The van der Waals surface area contributed by atoms with Crippen LogP contribution in [0, 0.1) is 33.9 Å². The maximum atomic E-state index is 3.26. The van der Waals surface area contributed by atoms with Crippen LogP contribution in [0.25, 0.3) is 0 Å². The van der Waals surface area contributed by atoms with Gasteiger partial charge in [0.1, 0.15) is 13.2 Å². The van der Waals surface area contributed by atoms with E-state index in [1.807, 2.05) is 7.05 Å². The van der Waals surface area contributed by atoms with Crippen molar-refractivity contribution in [2.75, 3.05) is 0 Å². The summed E-state index contributed by atoms with van der Waals surface area (Å²) < 4.78 is 2.05. The van der Waals surface area contributed by atoms with E-state index in [1.165, 1.54) is 22.4 Å². The summed E-state index contributed by atoms with van der Waals surface area (Å²) in [5.41, 5.74) is 5.29. The zero-order chi connectivity index (χ0) is 8.59. The van der Waals surface area contributed by atoms with E-state index >= 15 is 0 Å². The van der Waals surface area contributed by atoms with Crippen molar-refractivity contribution < 1.29 is 37.3 Å². The summed E-state index contributed by atoms with van der Waals surface area (Å²) in [6.45, 7) is 8.53. The van der Waals surface area contributed by atoms with Crippen molar-refractivity contribution in [1.29, 1.82) is 0 Å². The van der Waals surface area contributed by atoms with Gasteiger partial charge in [0.2, 0.25) is 0 Å². The molecule has 0 aromatic carbocycles. The summed E-state index contributed by atoms with van der Waals surface area (Å²) in [7, 11) is 2.04. The van der Waals surface area contributed by atoms with Crippen molar-refractivity contribution in [2.45, 2.75) is 27.7 Å². The van der Waals surface area contributed by atoms with E-state index in [2.05, 4.69) is 38.5 Å². The monoisotopic (exact) mass is 238 g/mol. The van der Waals surface area contributed by atoms with E-state index in [9.17, 15) is 0 Å². The van der Waals surface area contributed by atoms with Crippen molar-refractivity contribution in [3.63, 3.8) is 0 Å². The van der Waals surface area contributed by atoms with Gasteiger partial charge in [0.25, 0.3) is 0 Å². The molecule has 1 heterocycles. The third kappa shape index (κ3) is 2.14. The van der Waals surface area contributed by atoms with E-state index in [0.717, 1.165) is 0 Å². The molecule has 0 fully saturated rings. The zero-order valence-corrected chi connectivity index (χ0v) is 11.4. The van der Waals surface area contributed by atoms with Gasteiger partial charge in [-0.1, -0.05) is 31.9 Å². The number of hydrogen-bond acceptors (Lipinski definition) is 0. The first-order valence-corrected chi connectivity index (χ1v) is 3.89. The van der Waals surface area contributed by atoms with E-state index in [0.29, 0.717) is 0 Å². The average Bonchev–Trinajstić information content (AvgIpc) is 1.97. The first-order valence-electron chi connectivity index (χ1n) is 3.89. The normalized spacial score (nSPS) is 9.42. The summed E-state index contributed by atoms with van der Waals surface area (Å²) in [6.07, 6.45) is 3.26. The largest absolute Gasteiger partial charge is 0.311 e. The number of nitrogens with zero attached hydrogens (tertiary/aromatic N) is 1. The fourth-order valence-corrected chi connectivity index (χ4v) is 1.22. The van der Waals surface area contributed by atoms with Gasteiger partial charge in [-0.05, 0) is 6.92 Å². The maximum absolute atomic E-state index is 3.26. The quantitative estimate of drug-likeness (QED) is 0.477. The molecule has 0 aliphatic carbocycles. The minimum absolute atomic E-state index is 0. The second-order valence-electron chi connectivity index (χ2n) is 3.13. The molecule has 0 atom stereocenters. The Balaban J connectivity index is 0.00000121. The molecule has 1 nitrogen and oxygen atoms in total. The molecule has 63 valence electrons. The van der Waals surface area contributed by atoms with E-state index in [1.54, 1.807) is 0 Å². The minimum atomic E-state index is 0. The number of hydrogen-bond donors (Lipinski definition) is 0. The van der Waals surface area contributed by atoms with Crippen LogP contribution in [0.15, 0.2) is 0 Å². The second-order valence-corrected chi connectivity index (χ2v) is 3.13. The van der Waals surface area contributed by atoms with Crippen LogP contribution in [0.4, 0.5) is 0 Å². The first kappa shape index (κ1) is 12.3. The molecule has 0 bridgehead atoms. The molecule has 0 spiro atoms. The van der Waals surface area contributed by atoms with Gasteiger partial charge in [-0.25, -0.2) is 0 Å². The van der Waals surface area contributed by atoms with Gasteiger partial charge in [-0.15, -0.1) is 5.56 Å². The van der Waals surface area contributed by atoms with E-state index in [4.69, 9.17) is 0 Å². The van der Waals surface area contributed by atoms with Crippen LogP contribution in [-0.2, 0) is 39.8 Å². The Kier molecular flexibility index (Phi) is 4.57. The molecule has 0 unspecified atom stereocenters. The molecule has 2 heteroatoms. The van der Waals surface area contributed by atoms with Gasteiger partial charge in [0.05, 0.1) is 5.69 Å². The maximum Gasteiger partial charge on any atom is 0.116 e. The number of aryl methyl sites for hydroxylation is 2. The van der Waals surface area contributed by atoms with E-state index < -0.39 is 0 Å². The van der Waals surface area contributed by atoms with Gasteiger partial charge in [-0.3, -0.25) is 0 Å². The van der Waals surface area contributed by atoms with Crippen LogP contribution in [0.3, 0.4) is 0 Å². The van der Waals surface area contributed by atoms with Gasteiger partial charge in [0.15, 0.2) is 0 Å². The van der Waals surface area contributed by atoms with Crippen LogP contribution < -0.4 is 4.57 Å². The predicted molar refractivity (Wildman–Crippen MR) is 45.4 cm³/mol. The van der Waals surface area contributed by atoms with Crippen molar-refractivity contribution in [3.05, 3.63) is 28.6 Å². The van der Waals surface area contributed by atoms with Crippen molar-refractivity contribution in [1.82, 2.24) is 0 Å². The summed E-state index contributed by atoms with van der Waals surface area (Å²) in [5, 5.41) is 0. The van der Waals surface area contributed by atoms with Crippen molar-refractivity contribution in [2.24, 2.45) is 7.05 Å². The molecule has 0 saturated carbocycles. The smallest absolute Gasteiger partial charge is 0.116 e. The molecule has 0 aliphatic rings. The Bertz CT molecular complexity index is 266. The van der Waals surface area contributed by atoms with Crippen LogP contribution in [-0.4, -0.2) is 0 Å². The Morgan fingerprint density at radius 3 is 2.00 bits per heavy atom. The first-order chi connectivity index (χ1) is 5.04. The van der Waals surface area contributed by atoms with Crippen LogP contribution in [0.2, 0.25) is 0 Å². The molecule has 0 aliphatic heterocycles. The van der Waals surface area contributed by atoms with Crippen molar-refractivity contribution in [3.8, 4) is 0 Å². The van der Waals surface area contributed by atoms with Gasteiger partial charge >= 0.3 is 0 Å². The fourth-order valence-electron chi connectivity index (χ4n) is 1.22. The second kappa shape index (κ2) is 4.48. The number of aromatic nitrogens is 1. The summed E-state index contributed by atoms with van der Waals surface area (Å²) in [5.74, 6) is 0. The summed E-state index contributed by atoms with van der Waals surface area (Å²) in [4.78, 5) is 0. The average molecular weight is 238 g/mol. The molecule has 0 N–H and O–H groups in total. The summed E-state index contributed by atoms with van der Waals surface area (Å²) >= 11 is 0. The molecule has 12 heavy (non-hydrogen) atoms. The van der Waals surface area contributed by atoms with Gasteiger partial charge in [0, 0.05) is 32.7 Å². The van der Waals surface area contributed by atoms with Crippen molar-refractivity contribution >= 4 is 0 Å². The topological polar surface area (TPSA) is 3.88 Å². The molecular weight excluding hydrogens is 223 g/mol. The molecule has 0 saturated heterocycles. The third-order valence-corrected chi connectivity index (χ3v) is 2.51. The Morgan fingerprint density at radius 1 is 1.00 bits per heavy atom. The summed E-state index contributed by atoms with van der Waals surface area (Å²) in [6, 6.07) is 0. The van der Waals surface area contributed by atoms with E-state index in [-0.39, 0.29) is 32.7 Å². The minimum Gasteiger partial charge on any atom is -0.311 e. The van der Waals surface area contributed by atoms with Gasteiger partial charge < -0.3 is 4.57 Å². The van der Waals surface area contributed by atoms with Crippen LogP contribution in [0.1, 0.15) is 22.4 Å². The molecule has 0 amide bonds. The molecule has 1 aromatic rings. The van der Waals surface area contributed by atoms with Gasteiger partial charge in [-0.2, -0.15) is 0 Å². The Morgan fingerprint density at radius 2 is 1.50 bits per heavy atom. The predicted octanol–water partition coefficient (Wildman–Crippen LogP) is 1.54. The molecule has 1 aromatic heterocycles. The number of rotatable bonds is 0. The molecule has 1 rings (SSSR count). The SMILES string of the molecule is Cc1[c-][n+](C)c(C)c(C)c1C.[Y]. The third-order valence-electron chi connectivity index (χ3n) is 2.51. The molecular formula is C10H15NY. The van der Waals surface area contributed by atoms with Crippen LogP contribution in [0.5, 0.6) is 0 Å². The number of pyridine rings is 1.